The number of phenolic OH excluding ortho intramolecular Hbond substituents is 2. The highest BCUT2D eigenvalue weighted by molar-refractivity contribution is 6.08. The van der Waals surface area contributed by atoms with Crippen molar-refractivity contribution in [2.24, 2.45) is 0 Å². The highest BCUT2D eigenvalue weighted by atomic mass is 16.4. The molecule has 17 heteroatoms. The van der Waals surface area contributed by atoms with Crippen molar-refractivity contribution in [1.29, 1.82) is 0 Å². The number of aromatic amines is 2. The largest absolute Gasteiger partial charge is 0.508 e. The van der Waals surface area contributed by atoms with Gasteiger partial charge in [-0.15, -0.1) is 0 Å². The van der Waals surface area contributed by atoms with Crippen LogP contribution in [0.15, 0.2) is 91.6 Å². The van der Waals surface area contributed by atoms with Gasteiger partial charge in [-0.3, -0.25) is 33.9 Å². The predicted molar refractivity (Wildman–Crippen MR) is 180 cm³/mol. The molecule has 0 unspecified atom stereocenters. The van der Waals surface area contributed by atoms with Crippen LogP contribution in [0, 0.1) is 0 Å². The molecule has 0 bridgehead atoms. The van der Waals surface area contributed by atoms with Crippen LogP contribution in [0.3, 0.4) is 0 Å². The van der Waals surface area contributed by atoms with Gasteiger partial charge < -0.3 is 20.4 Å². The highest BCUT2D eigenvalue weighted by Crippen LogP contribution is 2.20. The number of rotatable bonds is 12. The summed E-state index contributed by atoms with van der Waals surface area (Å²) in [4.78, 5) is 74.1. The number of carbonyl (C=O) groups excluding carboxylic acids is 4. The Morgan fingerprint density at radius 3 is 1.54 bits per heavy atom. The van der Waals surface area contributed by atoms with E-state index in [9.17, 15) is 39.0 Å². The van der Waals surface area contributed by atoms with E-state index >= 15 is 0 Å². The van der Waals surface area contributed by atoms with Gasteiger partial charge in [-0.25, -0.2) is 19.1 Å². The Balaban J connectivity index is 0.000000201. The van der Waals surface area contributed by atoms with Gasteiger partial charge in [0.25, 0.3) is 0 Å². The van der Waals surface area contributed by atoms with E-state index in [2.05, 4.69) is 25.4 Å². The molecule has 0 fully saturated rings. The minimum Gasteiger partial charge on any atom is -0.508 e. The third-order valence-electron chi connectivity index (χ3n) is 7.42. The second-order valence-electron chi connectivity index (χ2n) is 11.3. The molecule has 0 atom stereocenters. The molecular weight excluding hydrogens is 678 g/mol. The Morgan fingerprint density at radius 2 is 1.08 bits per heavy atom. The summed E-state index contributed by atoms with van der Waals surface area (Å²) in [6.07, 6.45) is 2.42. The fourth-order valence-electron chi connectivity index (χ4n) is 4.79. The van der Waals surface area contributed by atoms with Crippen molar-refractivity contribution in [3.63, 3.8) is 0 Å². The second-order valence-corrected chi connectivity index (χ2v) is 11.3. The second kappa shape index (κ2) is 15.9. The molecule has 2 aromatic carbocycles. The van der Waals surface area contributed by atoms with Gasteiger partial charge in [-0.1, -0.05) is 24.3 Å². The maximum Gasteiger partial charge on any atom is 0.416 e. The van der Waals surface area contributed by atoms with Crippen molar-refractivity contribution in [2.45, 2.75) is 25.7 Å². The third-order valence-corrected chi connectivity index (χ3v) is 7.42. The predicted octanol–water partition coefficient (Wildman–Crippen LogP) is 4.38. The highest BCUT2D eigenvalue weighted by Gasteiger charge is 2.18. The number of hydrogen-bond acceptors (Lipinski definition) is 11. The average molecular weight is 708 g/mol. The standard InChI is InChI=1S/C18H15N3O5.C17H14N4O5/c22-13-3-1-11(2-4-13)7-14(23)8-17(24)16-9-15(19-20-16)12-5-6-21(10-12)18(25)26;22-11-3-1-10(2-4-11)5-12(23)6-16(24)14-7-13(19-20-14)15-8-21(9-18-15)17(25)26/h1-6,9-10,22H,7-8H2,(H,19,20)(H,25,26);1-4,7-9,22H,5-6H2,(H,19,20)(H,25,26). The number of nitrogens with zero attached hydrogens (tertiary/aromatic N) is 5. The summed E-state index contributed by atoms with van der Waals surface area (Å²) in [5.74, 6) is -1.14. The van der Waals surface area contributed by atoms with Gasteiger partial charge >= 0.3 is 12.2 Å². The first kappa shape index (κ1) is 35.9. The summed E-state index contributed by atoms with van der Waals surface area (Å²) in [5, 5.41) is 49.3. The topological polar surface area (TPSA) is 263 Å². The maximum absolute atomic E-state index is 12.2. The first-order valence-electron chi connectivity index (χ1n) is 15.3. The SMILES string of the molecule is O=C(CC(=O)c1cc(-c2ccn(C(=O)O)c2)n[nH]1)Cc1ccc(O)cc1.O=C(CC(=O)c1cc(-c2cn(C(=O)O)cn2)n[nH]1)Cc1ccc(O)cc1. The lowest BCUT2D eigenvalue weighted by Gasteiger charge is -2.00. The van der Waals surface area contributed by atoms with Crippen LogP contribution in [0.1, 0.15) is 44.9 Å². The molecule has 6 aromatic rings. The van der Waals surface area contributed by atoms with E-state index in [0.717, 1.165) is 15.5 Å². The van der Waals surface area contributed by atoms with Gasteiger partial charge in [0.15, 0.2) is 11.6 Å². The molecule has 4 heterocycles. The minimum atomic E-state index is -1.18. The number of aromatic hydroxyl groups is 2. The van der Waals surface area contributed by atoms with Crippen LogP contribution in [-0.4, -0.2) is 90.3 Å². The molecule has 52 heavy (non-hydrogen) atoms. The Kier molecular flexibility index (Phi) is 10.9. The molecule has 6 N–H and O–H groups in total. The van der Waals surface area contributed by atoms with Crippen LogP contribution in [0.2, 0.25) is 0 Å². The molecule has 0 aliphatic rings. The number of Topliss-reactive ketones (excluding diaryl/α,β-unsaturated/α-hetero) is 4. The zero-order chi connectivity index (χ0) is 37.4. The van der Waals surface area contributed by atoms with E-state index in [4.69, 9.17) is 10.2 Å². The number of nitrogens with one attached hydrogen (secondary N) is 2. The number of carboxylic acid groups (broad SMARTS) is 2. The Bertz CT molecular complexity index is 2100. The molecule has 6 rings (SSSR count). The summed E-state index contributed by atoms with van der Waals surface area (Å²) >= 11 is 0. The zero-order valence-corrected chi connectivity index (χ0v) is 27.0. The number of benzene rings is 2. The third kappa shape index (κ3) is 9.38. The molecule has 0 radical (unpaired) electrons. The Morgan fingerprint density at radius 1 is 0.596 bits per heavy atom. The lowest BCUT2D eigenvalue weighted by molar-refractivity contribution is -0.118. The van der Waals surface area contributed by atoms with E-state index in [1.54, 1.807) is 30.3 Å². The number of aromatic nitrogens is 7. The van der Waals surface area contributed by atoms with Crippen LogP contribution in [0.4, 0.5) is 9.59 Å². The number of ketones is 4. The number of H-pyrrole nitrogens is 2. The normalized spacial score (nSPS) is 10.6. The van der Waals surface area contributed by atoms with Crippen LogP contribution in [-0.2, 0) is 22.4 Å². The van der Waals surface area contributed by atoms with Crippen LogP contribution in [0.5, 0.6) is 11.5 Å². The number of imidazole rings is 1. The first-order valence-corrected chi connectivity index (χ1v) is 15.3. The van der Waals surface area contributed by atoms with Gasteiger partial charge in [0.2, 0.25) is 0 Å². The molecule has 17 nitrogen and oxygen atoms in total. The molecule has 0 saturated heterocycles. The van der Waals surface area contributed by atoms with E-state index in [1.807, 2.05) is 0 Å². The summed E-state index contributed by atoms with van der Waals surface area (Å²) in [6.45, 7) is 0. The van der Waals surface area contributed by atoms with Crippen LogP contribution >= 0.6 is 0 Å². The maximum atomic E-state index is 12.2. The Hall–Kier alpha value is -7.43. The molecule has 0 saturated carbocycles. The average Bonchev–Trinajstić information content (AvgIpc) is 3.93. The van der Waals surface area contributed by atoms with E-state index in [-0.39, 0.29) is 65.8 Å². The van der Waals surface area contributed by atoms with Crippen molar-refractivity contribution < 1.29 is 49.2 Å². The van der Waals surface area contributed by atoms with Gasteiger partial charge in [-0.2, -0.15) is 10.2 Å². The number of phenols is 2. The van der Waals surface area contributed by atoms with Crippen molar-refractivity contribution in [2.75, 3.05) is 0 Å². The zero-order valence-electron chi connectivity index (χ0n) is 27.0. The smallest absolute Gasteiger partial charge is 0.416 e. The fourth-order valence-corrected chi connectivity index (χ4v) is 4.79. The van der Waals surface area contributed by atoms with Crippen molar-refractivity contribution >= 4 is 35.3 Å². The van der Waals surface area contributed by atoms with Crippen molar-refractivity contribution in [3.8, 4) is 34.1 Å². The molecular formula is C35H29N7O10. The van der Waals surface area contributed by atoms with Gasteiger partial charge in [-0.05, 0) is 53.6 Å². The number of carbonyl (C=O) groups is 6. The lowest BCUT2D eigenvalue weighted by Crippen LogP contribution is -2.11. The molecule has 4 aromatic heterocycles. The van der Waals surface area contributed by atoms with Gasteiger partial charge in [0.05, 0.1) is 18.5 Å². The van der Waals surface area contributed by atoms with E-state index in [1.165, 1.54) is 55.0 Å². The summed E-state index contributed by atoms with van der Waals surface area (Å²) < 4.78 is 1.85. The van der Waals surface area contributed by atoms with Crippen LogP contribution < -0.4 is 0 Å². The first-order chi connectivity index (χ1) is 24.8. The monoisotopic (exact) mass is 707 g/mol. The summed E-state index contributed by atoms with van der Waals surface area (Å²) in [5.41, 5.74) is 3.28. The van der Waals surface area contributed by atoms with Crippen LogP contribution in [0.25, 0.3) is 22.6 Å². The Labute approximate surface area is 292 Å². The van der Waals surface area contributed by atoms with E-state index < -0.39 is 23.8 Å². The molecule has 0 amide bonds. The molecule has 0 aliphatic carbocycles. The quantitative estimate of drug-likeness (QED) is 0.0762. The molecule has 0 spiro atoms. The minimum absolute atomic E-state index is 0.0794. The van der Waals surface area contributed by atoms with Crippen molar-refractivity contribution in [1.82, 2.24) is 34.5 Å². The summed E-state index contributed by atoms with van der Waals surface area (Å²) in [7, 11) is 0. The molecule has 264 valence electrons. The lowest BCUT2D eigenvalue weighted by atomic mass is 10.0. The number of hydrogen-bond donors (Lipinski definition) is 6. The van der Waals surface area contributed by atoms with Gasteiger partial charge in [0, 0.05) is 37.0 Å². The van der Waals surface area contributed by atoms with Gasteiger partial charge in [0.1, 0.15) is 52.2 Å². The summed E-state index contributed by atoms with van der Waals surface area (Å²) in [6, 6.07) is 16.9. The van der Waals surface area contributed by atoms with Crippen molar-refractivity contribution in [3.05, 3.63) is 114 Å². The molecule has 0 aliphatic heterocycles. The fraction of sp³-hybridized carbons (Fsp3) is 0.114. The van der Waals surface area contributed by atoms with E-state index in [0.29, 0.717) is 28.1 Å².